The second-order valence-electron chi connectivity index (χ2n) is 9.25. The zero-order chi connectivity index (χ0) is 19.9. The average molecular weight is 391 g/mol. The van der Waals surface area contributed by atoms with Gasteiger partial charge < -0.3 is 18.3 Å². The van der Waals surface area contributed by atoms with Crippen LogP contribution in [0.15, 0.2) is 42.7 Å². The molecule has 1 saturated heterocycles. The van der Waals surface area contributed by atoms with Gasteiger partial charge in [-0.3, -0.25) is 0 Å². The van der Waals surface area contributed by atoms with Crippen LogP contribution in [0.5, 0.6) is 0 Å². The summed E-state index contributed by atoms with van der Waals surface area (Å²) >= 11 is 0. The molecule has 2 aliphatic rings. The van der Waals surface area contributed by atoms with Crippen LogP contribution in [-0.4, -0.2) is 39.4 Å². The molecule has 3 rings (SSSR count). The Labute approximate surface area is 162 Å². The first-order valence-corrected chi connectivity index (χ1v) is 11.3. The molecule has 148 valence electrons. The fourth-order valence-electron chi connectivity index (χ4n) is 4.11. The maximum atomic E-state index is 12.6. The summed E-state index contributed by atoms with van der Waals surface area (Å²) in [4.78, 5) is 12.6. The molecule has 0 bridgehead atoms. The molecule has 0 saturated carbocycles. The van der Waals surface area contributed by atoms with Gasteiger partial charge in [0.05, 0.1) is 18.4 Å². The largest absolute Gasteiger partial charge is 0.493 e. The number of benzene rings is 1. The number of carbonyl (C=O) groups excluding carboxylic acids is 1. The molecular formula is C21H30O5Si. The van der Waals surface area contributed by atoms with Crippen molar-refractivity contribution in [3.63, 3.8) is 0 Å². The van der Waals surface area contributed by atoms with E-state index in [-0.39, 0.29) is 28.3 Å². The van der Waals surface area contributed by atoms with E-state index < -0.39 is 14.7 Å². The summed E-state index contributed by atoms with van der Waals surface area (Å²) in [5.41, 5.74) is 0.524. The van der Waals surface area contributed by atoms with Crippen LogP contribution in [0.25, 0.3) is 0 Å². The lowest BCUT2D eigenvalue weighted by molar-refractivity contribution is -0.125. The zero-order valence-electron chi connectivity index (χ0n) is 17.0. The number of ether oxygens (including phenoxy) is 2. The van der Waals surface area contributed by atoms with Crippen molar-refractivity contribution in [1.82, 2.24) is 0 Å². The lowest BCUT2D eigenvalue weighted by atomic mass is 10.1. The average Bonchev–Trinajstić information content (AvgIpc) is 2.60. The fourth-order valence-corrected chi connectivity index (χ4v) is 9.07. The van der Waals surface area contributed by atoms with Crippen LogP contribution in [0, 0.1) is 0 Å². The van der Waals surface area contributed by atoms with Crippen LogP contribution in [-0.2, 0) is 18.3 Å². The van der Waals surface area contributed by atoms with Crippen molar-refractivity contribution in [1.29, 1.82) is 0 Å². The van der Waals surface area contributed by atoms with Crippen LogP contribution in [0.1, 0.15) is 51.9 Å². The van der Waals surface area contributed by atoms with Crippen LogP contribution >= 0.6 is 0 Å². The smallest absolute Gasteiger partial charge is 0.349 e. The first-order chi connectivity index (χ1) is 12.6. The van der Waals surface area contributed by atoms with Gasteiger partial charge in [-0.2, -0.15) is 0 Å². The van der Waals surface area contributed by atoms with E-state index in [4.69, 9.17) is 18.3 Å². The Balaban J connectivity index is 1.86. The highest BCUT2D eigenvalue weighted by Crippen LogP contribution is 2.54. The third kappa shape index (κ3) is 3.70. The van der Waals surface area contributed by atoms with E-state index in [9.17, 15) is 4.79 Å². The van der Waals surface area contributed by atoms with Crippen LogP contribution in [0.2, 0.25) is 10.1 Å². The first kappa shape index (κ1) is 20.1. The minimum atomic E-state index is -2.67. The predicted molar refractivity (Wildman–Crippen MR) is 106 cm³/mol. The van der Waals surface area contributed by atoms with E-state index in [0.717, 1.165) is 0 Å². The summed E-state index contributed by atoms with van der Waals surface area (Å²) in [6.45, 7) is 13.4. The Morgan fingerprint density at radius 1 is 1.07 bits per heavy atom. The highest BCUT2D eigenvalue weighted by molar-refractivity contribution is 6.73. The van der Waals surface area contributed by atoms with E-state index in [1.807, 2.05) is 18.2 Å². The van der Waals surface area contributed by atoms with Gasteiger partial charge in [0.25, 0.3) is 0 Å². The normalized spacial score (nSPS) is 27.4. The monoisotopic (exact) mass is 390 g/mol. The van der Waals surface area contributed by atoms with Gasteiger partial charge in [-0.15, -0.1) is 0 Å². The minimum Gasteiger partial charge on any atom is -0.493 e. The molecule has 2 heterocycles. The Bertz CT molecular complexity index is 688. The van der Waals surface area contributed by atoms with Gasteiger partial charge in [-0.25, -0.2) is 4.79 Å². The predicted octanol–water partition coefficient (Wildman–Crippen LogP) is 4.58. The number of hydrogen-bond donors (Lipinski definition) is 0. The highest BCUT2D eigenvalue weighted by atomic mass is 28.4. The molecule has 0 radical (unpaired) electrons. The van der Waals surface area contributed by atoms with Crippen molar-refractivity contribution in [3.05, 3.63) is 48.2 Å². The van der Waals surface area contributed by atoms with Crippen molar-refractivity contribution >= 4 is 14.5 Å². The summed E-state index contributed by atoms with van der Waals surface area (Å²) in [6, 6.07) is 9.01. The number of hydrogen-bond acceptors (Lipinski definition) is 5. The van der Waals surface area contributed by atoms with Crippen molar-refractivity contribution in [2.75, 3.05) is 6.61 Å². The zero-order valence-corrected chi connectivity index (χ0v) is 18.0. The molecule has 27 heavy (non-hydrogen) atoms. The standard InChI is InChI=1S/C21H30O5Si/c1-20(2,3)27(21(4,5)6)24-14-17-18(26-27)16(12-13-23-17)25-19(22)15-10-8-7-9-11-15/h7-13,16-18H,14H2,1-6H3/t16-,17-,18+/m1/s1. The van der Waals surface area contributed by atoms with Gasteiger partial charge in [0.1, 0.15) is 12.2 Å². The Morgan fingerprint density at radius 2 is 1.70 bits per heavy atom. The summed E-state index contributed by atoms with van der Waals surface area (Å²) in [5.74, 6) is -0.361. The third-order valence-corrected chi connectivity index (χ3v) is 10.3. The molecular weight excluding hydrogens is 360 g/mol. The second kappa shape index (κ2) is 7.07. The molecule has 6 heteroatoms. The Hall–Kier alpha value is -1.63. The summed E-state index contributed by atoms with van der Waals surface area (Å²) in [7, 11) is -2.67. The van der Waals surface area contributed by atoms with Gasteiger partial charge in [-0.1, -0.05) is 59.7 Å². The molecule has 1 fully saturated rings. The molecule has 0 aliphatic carbocycles. The SMILES string of the molecule is CC(C)(C)[Si]1(C(C)(C)C)OC[C@H]2OC=C[C@@H](OC(=O)c3ccccc3)[C@@H]2O1. The Kier molecular flexibility index (Phi) is 5.27. The van der Waals surface area contributed by atoms with Crippen LogP contribution in [0.3, 0.4) is 0 Å². The van der Waals surface area contributed by atoms with E-state index in [0.29, 0.717) is 12.2 Å². The molecule has 0 amide bonds. The maximum absolute atomic E-state index is 12.6. The fraction of sp³-hybridized carbons (Fsp3) is 0.571. The molecule has 3 atom stereocenters. The number of rotatable bonds is 2. The molecule has 0 N–H and O–H groups in total. The van der Waals surface area contributed by atoms with Gasteiger partial charge in [0.15, 0.2) is 6.10 Å². The molecule has 2 aliphatic heterocycles. The van der Waals surface area contributed by atoms with Crippen LogP contribution < -0.4 is 0 Å². The molecule has 0 spiro atoms. The molecule has 1 aromatic rings. The second-order valence-corrected chi connectivity index (χ2v) is 14.0. The third-order valence-electron chi connectivity index (χ3n) is 5.19. The summed E-state index contributed by atoms with van der Waals surface area (Å²) < 4.78 is 24.7. The minimum absolute atomic E-state index is 0.147. The van der Waals surface area contributed by atoms with E-state index in [1.165, 1.54) is 0 Å². The van der Waals surface area contributed by atoms with E-state index >= 15 is 0 Å². The van der Waals surface area contributed by atoms with Crippen molar-refractivity contribution in [2.45, 2.75) is 69.9 Å². The first-order valence-electron chi connectivity index (χ1n) is 9.45. The van der Waals surface area contributed by atoms with Crippen LogP contribution in [0.4, 0.5) is 0 Å². The summed E-state index contributed by atoms with van der Waals surface area (Å²) in [6.07, 6.45) is 2.18. The van der Waals surface area contributed by atoms with Gasteiger partial charge in [-0.05, 0) is 18.2 Å². The van der Waals surface area contributed by atoms with Crippen molar-refractivity contribution < 1.29 is 23.1 Å². The Morgan fingerprint density at radius 3 is 2.30 bits per heavy atom. The van der Waals surface area contributed by atoms with Crippen molar-refractivity contribution in [2.24, 2.45) is 0 Å². The van der Waals surface area contributed by atoms with Gasteiger partial charge >= 0.3 is 14.5 Å². The molecule has 0 unspecified atom stereocenters. The number of esters is 1. The molecule has 0 aromatic heterocycles. The molecule has 5 nitrogen and oxygen atoms in total. The van der Waals surface area contributed by atoms with Gasteiger partial charge in [0.2, 0.25) is 0 Å². The number of fused-ring (bicyclic) bond motifs is 1. The quantitative estimate of drug-likeness (QED) is 0.546. The molecule has 1 aromatic carbocycles. The topological polar surface area (TPSA) is 54.0 Å². The van der Waals surface area contributed by atoms with Crippen molar-refractivity contribution in [3.8, 4) is 0 Å². The lowest BCUT2D eigenvalue weighted by Crippen LogP contribution is -2.67. The highest BCUT2D eigenvalue weighted by Gasteiger charge is 2.63. The van der Waals surface area contributed by atoms with E-state index in [2.05, 4.69) is 41.5 Å². The lowest BCUT2D eigenvalue weighted by Gasteiger charge is -2.55. The van der Waals surface area contributed by atoms with E-state index in [1.54, 1.807) is 24.5 Å². The maximum Gasteiger partial charge on any atom is 0.349 e. The number of carbonyl (C=O) groups is 1. The van der Waals surface area contributed by atoms with Gasteiger partial charge in [0, 0.05) is 10.1 Å². The summed E-state index contributed by atoms with van der Waals surface area (Å²) in [5, 5.41) is -0.295.